The van der Waals surface area contributed by atoms with Crippen molar-refractivity contribution in [2.45, 2.75) is 51.6 Å². The zero-order valence-electron chi connectivity index (χ0n) is 12.2. The molecule has 1 aromatic rings. The second-order valence-corrected chi connectivity index (χ2v) is 6.60. The van der Waals surface area contributed by atoms with Crippen LogP contribution >= 0.6 is 23.8 Å². The number of rotatable bonds is 3. The van der Waals surface area contributed by atoms with Gasteiger partial charge in [0.15, 0.2) is 5.11 Å². The average Bonchev–Trinajstić information content (AvgIpc) is 2.42. The van der Waals surface area contributed by atoms with E-state index in [0.717, 1.165) is 10.1 Å². The fraction of sp³-hybridized carbons (Fsp3) is 0.562. The van der Waals surface area contributed by atoms with E-state index in [9.17, 15) is 0 Å². The quantitative estimate of drug-likeness (QED) is 0.807. The SMILES string of the molecule is C[C@H](NC(=S)N[C@@H]1CCCC[C@@H]1C)c1ccc(Cl)cc1. The summed E-state index contributed by atoms with van der Waals surface area (Å²) >= 11 is 11.3. The van der Waals surface area contributed by atoms with Crippen LogP contribution in [-0.2, 0) is 0 Å². The lowest BCUT2D eigenvalue weighted by atomic mass is 9.86. The van der Waals surface area contributed by atoms with Crippen molar-refractivity contribution in [1.29, 1.82) is 0 Å². The summed E-state index contributed by atoms with van der Waals surface area (Å²) in [7, 11) is 0. The summed E-state index contributed by atoms with van der Waals surface area (Å²) in [5, 5.41) is 8.35. The molecule has 2 nitrogen and oxygen atoms in total. The summed E-state index contributed by atoms with van der Waals surface area (Å²) < 4.78 is 0. The molecule has 20 heavy (non-hydrogen) atoms. The van der Waals surface area contributed by atoms with Crippen LogP contribution in [0.25, 0.3) is 0 Å². The smallest absolute Gasteiger partial charge is 0.166 e. The normalized spacial score (nSPS) is 23.9. The topological polar surface area (TPSA) is 24.1 Å². The van der Waals surface area contributed by atoms with Crippen molar-refractivity contribution in [3.63, 3.8) is 0 Å². The van der Waals surface area contributed by atoms with Crippen LogP contribution in [0.4, 0.5) is 0 Å². The molecule has 1 aliphatic carbocycles. The van der Waals surface area contributed by atoms with Crippen molar-refractivity contribution in [2.24, 2.45) is 5.92 Å². The van der Waals surface area contributed by atoms with Gasteiger partial charge in [0.25, 0.3) is 0 Å². The molecule has 1 saturated carbocycles. The second-order valence-electron chi connectivity index (χ2n) is 5.76. The standard InChI is InChI=1S/C16H23ClN2S/c1-11-5-3-4-6-15(11)19-16(20)18-12(2)13-7-9-14(17)10-8-13/h7-12,15H,3-6H2,1-2H3,(H2,18,19,20)/t11-,12-,15+/m0/s1. The molecular formula is C16H23ClN2S. The van der Waals surface area contributed by atoms with Crippen LogP contribution in [0.1, 0.15) is 51.1 Å². The van der Waals surface area contributed by atoms with E-state index in [1.165, 1.54) is 31.2 Å². The maximum absolute atomic E-state index is 5.91. The first-order valence-corrected chi connectivity index (χ1v) is 8.17. The molecule has 0 saturated heterocycles. The van der Waals surface area contributed by atoms with Crippen molar-refractivity contribution in [3.8, 4) is 0 Å². The van der Waals surface area contributed by atoms with Crippen LogP contribution in [0, 0.1) is 5.92 Å². The van der Waals surface area contributed by atoms with Gasteiger partial charge in [-0.2, -0.15) is 0 Å². The van der Waals surface area contributed by atoms with E-state index >= 15 is 0 Å². The molecule has 1 aromatic carbocycles. The molecule has 0 amide bonds. The van der Waals surface area contributed by atoms with E-state index in [4.69, 9.17) is 23.8 Å². The van der Waals surface area contributed by atoms with E-state index in [-0.39, 0.29) is 6.04 Å². The van der Waals surface area contributed by atoms with Crippen LogP contribution in [0.5, 0.6) is 0 Å². The summed E-state index contributed by atoms with van der Waals surface area (Å²) in [6.45, 7) is 4.42. The minimum atomic E-state index is 0.186. The van der Waals surface area contributed by atoms with Crippen LogP contribution in [0.3, 0.4) is 0 Å². The highest BCUT2D eigenvalue weighted by atomic mass is 35.5. The number of hydrogen-bond donors (Lipinski definition) is 2. The first-order chi connectivity index (χ1) is 9.56. The van der Waals surface area contributed by atoms with Gasteiger partial charge in [-0.15, -0.1) is 0 Å². The Hall–Kier alpha value is -0.800. The van der Waals surface area contributed by atoms with E-state index in [0.29, 0.717) is 12.0 Å². The van der Waals surface area contributed by atoms with Crippen molar-refractivity contribution in [3.05, 3.63) is 34.9 Å². The Morgan fingerprint density at radius 1 is 1.25 bits per heavy atom. The first-order valence-electron chi connectivity index (χ1n) is 7.39. The van der Waals surface area contributed by atoms with Gasteiger partial charge in [0.1, 0.15) is 0 Å². The maximum atomic E-state index is 5.91. The van der Waals surface area contributed by atoms with Gasteiger partial charge in [0.05, 0.1) is 6.04 Å². The summed E-state index contributed by atoms with van der Waals surface area (Å²) in [6, 6.07) is 8.59. The summed E-state index contributed by atoms with van der Waals surface area (Å²) in [6.07, 6.45) is 5.17. The molecule has 3 atom stereocenters. The van der Waals surface area contributed by atoms with Crippen molar-refractivity contribution < 1.29 is 0 Å². The zero-order valence-corrected chi connectivity index (χ0v) is 13.7. The molecule has 4 heteroatoms. The highest BCUT2D eigenvalue weighted by Crippen LogP contribution is 2.23. The van der Waals surface area contributed by atoms with Gasteiger partial charge in [0.2, 0.25) is 0 Å². The van der Waals surface area contributed by atoms with E-state index in [1.807, 2.05) is 24.3 Å². The van der Waals surface area contributed by atoms with E-state index in [2.05, 4.69) is 24.5 Å². The highest BCUT2D eigenvalue weighted by Gasteiger charge is 2.22. The molecule has 1 fully saturated rings. The highest BCUT2D eigenvalue weighted by molar-refractivity contribution is 7.80. The minimum absolute atomic E-state index is 0.186. The fourth-order valence-corrected chi connectivity index (χ4v) is 3.23. The van der Waals surface area contributed by atoms with Gasteiger partial charge >= 0.3 is 0 Å². The molecule has 2 N–H and O–H groups in total. The van der Waals surface area contributed by atoms with Crippen molar-refractivity contribution in [2.75, 3.05) is 0 Å². The van der Waals surface area contributed by atoms with Gasteiger partial charge in [-0.05, 0) is 55.6 Å². The number of halogens is 1. The first kappa shape index (κ1) is 15.6. The van der Waals surface area contributed by atoms with Crippen LogP contribution in [0.15, 0.2) is 24.3 Å². The van der Waals surface area contributed by atoms with Crippen molar-refractivity contribution >= 4 is 28.9 Å². The lowest BCUT2D eigenvalue weighted by molar-refractivity contribution is 0.307. The van der Waals surface area contributed by atoms with Crippen LogP contribution < -0.4 is 10.6 Å². The zero-order chi connectivity index (χ0) is 14.5. The van der Waals surface area contributed by atoms with Gasteiger partial charge in [-0.1, -0.05) is 43.5 Å². The Balaban J connectivity index is 1.85. The Bertz CT molecular complexity index is 446. The summed E-state index contributed by atoms with van der Waals surface area (Å²) in [5.41, 5.74) is 1.19. The van der Waals surface area contributed by atoms with Gasteiger partial charge in [0, 0.05) is 11.1 Å². The third-order valence-electron chi connectivity index (χ3n) is 4.15. The summed E-state index contributed by atoms with van der Waals surface area (Å²) in [5.74, 6) is 0.703. The maximum Gasteiger partial charge on any atom is 0.166 e. The Kier molecular flexibility index (Phi) is 5.67. The second kappa shape index (κ2) is 7.28. The molecule has 2 rings (SSSR count). The fourth-order valence-electron chi connectivity index (χ4n) is 2.77. The molecule has 0 bridgehead atoms. The van der Waals surface area contributed by atoms with E-state index < -0.39 is 0 Å². The van der Waals surface area contributed by atoms with Gasteiger partial charge < -0.3 is 10.6 Å². The number of hydrogen-bond acceptors (Lipinski definition) is 1. The summed E-state index contributed by atoms with van der Waals surface area (Å²) in [4.78, 5) is 0. The third-order valence-corrected chi connectivity index (χ3v) is 4.63. The minimum Gasteiger partial charge on any atom is -0.360 e. The predicted molar refractivity (Wildman–Crippen MR) is 90.2 cm³/mol. The molecule has 110 valence electrons. The molecule has 0 heterocycles. The lowest BCUT2D eigenvalue weighted by Crippen LogP contribution is -2.46. The Morgan fingerprint density at radius 2 is 1.90 bits per heavy atom. The molecule has 0 unspecified atom stereocenters. The molecule has 0 radical (unpaired) electrons. The van der Waals surface area contributed by atoms with Gasteiger partial charge in [-0.25, -0.2) is 0 Å². The lowest BCUT2D eigenvalue weighted by Gasteiger charge is -2.31. The van der Waals surface area contributed by atoms with Crippen molar-refractivity contribution in [1.82, 2.24) is 10.6 Å². The molecule has 1 aliphatic rings. The molecule has 0 spiro atoms. The largest absolute Gasteiger partial charge is 0.360 e. The van der Waals surface area contributed by atoms with Gasteiger partial charge in [-0.3, -0.25) is 0 Å². The number of nitrogens with one attached hydrogen (secondary N) is 2. The Morgan fingerprint density at radius 3 is 2.55 bits per heavy atom. The number of thiocarbonyl (C=S) groups is 1. The molecular weight excluding hydrogens is 288 g/mol. The Labute approximate surface area is 132 Å². The number of benzene rings is 1. The van der Waals surface area contributed by atoms with Crippen LogP contribution in [0.2, 0.25) is 5.02 Å². The van der Waals surface area contributed by atoms with E-state index in [1.54, 1.807) is 0 Å². The average molecular weight is 311 g/mol. The molecule has 0 aliphatic heterocycles. The molecule has 0 aromatic heterocycles. The monoisotopic (exact) mass is 310 g/mol. The van der Waals surface area contributed by atoms with Crippen LogP contribution in [-0.4, -0.2) is 11.2 Å². The predicted octanol–water partition coefficient (Wildman–Crippen LogP) is 4.44. The third kappa shape index (κ3) is 4.35.